The van der Waals surface area contributed by atoms with E-state index in [1.807, 2.05) is 6.92 Å². The minimum atomic E-state index is -1.75. The second kappa shape index (κ2) is 7.91. The summed E-state index contributed by atoms with van der Waals surface area (Å²) in [6.45, 7) is 10.3. The number of aliphatic hydroxyl groups is 4. The molecular formula is C24H38O8S. The van der Waals surface area contributed by atoms with E-state index in [4.69, 9.17) is 15.0 Å². The van der Waals surface area contributed by atoms with Gasteiger partial charge in [-0.1, -0.05) is 27.7 Å². The Bertz CT molecular complexity index is 881. The Labute approximate surface area is 201 Å². The Kier molecular flexibility index (Phi) is 5.76. The van der Waals surface area contributed by atoms with Crippen LogP contribution in [0.25, 0.3) is 0 Å². The molecule has 4 rings (SSSR count). The Morgan fingerprint density at radius 2 is 1.94 bits per heavy atom. The van der Waals surface area contributed by atoms with Gasteiger partial charge in [0.25, 0.3) is 0 Å². The molecule has 2 unspecified atom stereocenters. The predicted octanol–water partition coefficient (Wildman–Crippen LogP) is 1.59. The second-order valence-electron chi connectivity index (χ2n) is 11.2. The van der Waals surface area contributed by atoms with Gasteiger partial charge in [0.1, 0.15) is 23.4 Å². The quantitative estimate of drug-likeness (QED) is 0.266. The van der Waals surface area contributed by atoms with E-state index < -0.39 is 64.4 Å². The topological polar surface area (TPSA) is 126 Å². The molecular weight excluding hydrogens is 448 g/mol. The SMILES string of the molecule is [3H]CSO[C@H]1C[C@@]2(O)C(OC(C)=O)C3[C@](C)([C@H](O)[C@H](O)C(=C1C)C2(C)C)[C@@H](C)C[C@H]1OC[C@@]31O. The van der Waals surface area contributed by atoms with Crippen molar-refractivity contribution in [2.24, 2.45) is 22.7 Å². The number of fused-ring (bicyclic) bond motifs is 5. The van der Waals surface area contributed by atoms with Crippen LogP contribution >= 0.6 is 12.0 Å². The first-order chi connectivity index (χ1) is 15.7. The monoisotopic (exact) mass is 488 g/mol. The molecule has 0 spiro atoms. The van der Waals surface area contributed by atoms with Crippen LogP contribution in [-0.2, 0) is 18.5 Å². The fourth-order valence-electron chi connectivity index (χ4n) is 7.39. The normalized spacial score (nSPS) is 51.3. The minimum Gasteiger partial charge on any atom is -0.459 e. The van der Waals surface area contributed by atoms with Crippen LogP contribution in [0.2, 0.25) is 0 Å². The van der Waals surface area contributed by atoms with Gasteiger partial charge in [-0.05, 0) is 42.5 Å². The lowest BCUT2D eigenvalue weighted by Crippen LogP contribution is -2.80. The number of rotatable bonds is 3. The lowest BCUT2D eigenvalue weighted by Gasteiger charge is -2.69. The summed E-state index contributed by atoms with van der Waals surface area (Å²) >= 11 is 0.919. The van der Waals surface area contributed by atoms with Gasteiger partial charge in [0, 0.05) is 37.7 Å². The van der Waals surface area contributed by atoms with E-state index >= 15 is 0 Å². The molecule has 0 aromatic carbocycles. The highest BCUT2D eigenvalue weighted by atomic mass is 32.2. The van der Waals surface area contributed by atoms with E-state index in [9.17, 15) is 25.2 Å². The maximum absolute atomic E-state index is 12.5. The summed E-state index contributed by atoms with van der Waals surface area (Å²) in [5.74, 6) is -1.75. The lowest BCUT2D eigenvalue weighted by atomic mass is 9.43. The van der Waals surface area contributed by atoms with Crippen molar-refractivity contribution in [3.63, 3.8) is 0 Å². The fraction of sp³-hybridized carbons (Fsp3) is 0.875. The number of hydrogen-bond acceptors (Lipinski definition) is 9. The van der Waals surface area contributed by atoms with E-state index in [2.05, 4.69) is 0 Å². The molecule has 3 fully saturated rings. The first-order valence-electron chi connectivity index (χ1n) is 12.3. The maximum Gasteiger partial charge on any atom is 0.303 e. The number of carbonyl (C=O) groups excluding carboxylic acids is 1. The highest BCUT2D eigenvalue weighted by molar-refractivity contribution is 7.93. The number of aliphatic hydroxyl groups excluding tert-OH is 2. The van der Waals surface area contributed by atoms with Gasteiger partial charge < -0.3 is 34.1 Å². The van der Waals surface area contributed by atoms with Crippen LogP contribution in [0.5, 0.6) is 0 Å². The number of esters is 1. The standard InChI is InChI=1S/C24H38O8S/c1-11-8-15-23(28,10-30-15)18-20(31-13(3)25)24(29)9-14(32-33-7)12(2)16(21(24,4)5)17(26)19(27)22(11,18)6/h11,14-15,17-20,26-29H,8-10H2,1-7H3/t11-,14-,15+,17+,18?,19+,20?,22+,23-,24+/m0/s1/i7T. The summed E-state index contributed by atoms with van der Waals surface area (Å²) in [5, 5.41) is 47.8. The molecule has 0 aromatic rings. The molecule has 1 heterocycles. The summed E-state index contributed by atoms with van der Waals surface area (Å²) in [5.41, 5.74) is -4.32. The van der Waals surface area contributed by atoms with Crippen molar-refractivity contribution in [3.05, 3.63) is 11.1 Å². The molecule has 1 aliphatic heterocycles. The Hall–Kier alpha value is -0.680. The van der Waals surface area contributed by atoms with Gasteiger partial charge in [-0.15, -0.1) is 0 Å². The van der Waals surface area contributed by atoms with Crippen molar-refractivity contribution in [2.45, 2.75) is 96.1 Å². The van der Waals surface area contributed by atoms with Crippen LogP contribution in [0.1, 0.15) is 55.8 Å². The molecule has 2 saturated carbocycles. The summed E-state index contributed by atoms with van der Waals surface area (Å²) in [7, 11) is 0. The number of carbonyl (C=O) groups is 1. The molecule has 10 atom stereocenters. The molecule has 2 bridgehead atoms. The molecule has 0 radical (unpaired) electrons. The highest BCUT2D eigenvalue weighted by Crippen LogP contribution is 2.65. The predicted molar refractivity (Wildman–Crippen MR) is 122 cm³/mol. The fourth-order valence-corrected chi connectivity index (χ4v) is 7.77. The van der Waals surface area contributed by atoms with Crippen LogP contribution in [0.3, 0.4) is 0 Å². The van der Waals surface area contributed by atoms with E-state index in [0.717, 1.165) is 12.0 Å². The molecule has 1 saturated heterocycles. The van der Waals surface area contributed by atoms with Crippen LogP contribution in [0.15, 0.2) is 11.1 Å². The third kappa shape index (κ3) is 3.16. The first-order valence-corrected chi connectivity index (χ1v) is 12.5. The van der Waals surface area contributed by atoms with E-state index in [-0.39, 0.29) is 25.2 Å². The van der Waals surface area contributed by atoms with Crippen LogP contribution in [0, 0.1) is 22.7 Å². The summed E-state index contributed by atoms with van der Waals surface area (Å²) in [6, 6.07) is 0. The van der Waals surface area contributed by atoms with Gasteiger partial charge in [0.15, 0.2) is 0 Å². The van der Waals surface area contributed by atoms with Gasteiger partial charge >= 0.3 is 5.97 Å². The second-order valence-corrected chi connectivity index (χ2v) is 11.7. The zero-order valence-corrected chi connectivity index (χ0v) is 21.0. The van der Waals surface area contributed by atoms with Gasteiger partial charge in [0.2, 0.25) is 0 Å². The van der Waals surface area contributed by atoms with Crippen molar-refractivity contribution in [2.75, 3.05) is 12.8 Å². The van der Waals surface area contributed by atoms with E-state index in [0.29, 0.717) is 17.6 Å². The Morgan fingerprint density at radius 3 is 2.48 bits per heavy atom. The number of ether oxygens (including phenoxy) is 2. The van der Waals surface area contributed by atoms with Crippen molar-refractivity contribution in [1.29, 1.82) is 0 Å². The summed E-state index contributed by atoms with van der Waals surface area (Å²) < 4.78 is 24.9. The molecule has 33 heavy (non-hydrogen) atoms. The molecule has 3 aliphatic carbocycles. The van der Waals surface area contributed by atoms with E-state index in [1.54, 1.807) is 27.7 Å². The van der Waals surface area contributed by atoms with Crippen molar-refractivity contribution in [1.82, 2.24) is 0 Å². The van der Waals surface area contributed by atoms with Crippen LogP contribution < -0.4 is 0 Å². The molecule has 9 heteroatoms. The first kappa shape index (κ1) is 24.0. The summed E-state index contributed by atoms with van der Waals surface area (Å²) in [4.78, 5) is 12.4. The minimum absolute atomic E-state index is 0.0158. The van der Waals surface area contributed by atoms with Gasteiger partial charge in [-0.25, -0.2) is 0 Å². The average molecular weight is 489 g/mol. The molecule has 188 valence electrons. The Morgan fingerprint density at radius 1 is 1.27 bits per heavy atom. The smallest absolute Gasteiger partial charge is 0.303 e. The van der Waals surface area contributed by atoms with Crippen LogP contribution in [0.4, 0.5) is 0 Å². The maximum atomic E-state index is 12.5. The molecule has 8 nitrogen and oxygen atoms in total. The van der Waals surface area contributed by atoms with Crippen molar-refractivity contribution >= 4 is 18.0 Å². The largest absolute Gasteiger partial charge is 0.459 e. The van der Waals surface area contributed by atoms with Gasteiger partial charge in [-0.2, -0.15) is 0 Å². The van der Waals surface area contributed by atoms with Crippen molar-refractivity contribution in [3.8, 4) is 0 Å². The molecule has 0 amide bonds. The average Bonchev–Trinajstić information content (AvgIpc) is 2.74. The van der Waals surface area contributed by atoms with Gasteiger partial charge in [0.05, 0.1) is 24.9 Å². The van der Waals surface area contributed by atoms with Crippen molar-refractivity contribution < 1.29 is 40.2 Å². The van der Waals surface area contributed by atoms with Crippen LogP contribution in [-0.4, -0.2) is 81.0 Å². The molecule has 4 aliphatic rings. The lowest BCUT2D eigenvalue weighted by molar-refractivity contribution is -0.358. The summed E-state index contributed by atoms with van der Waals surface area (Å²) in [6.07, 6.45) is -4.64. The molecule has 4 N–H and O–H groups in total. The zero-order valence-electron chi connectivity index (χ0n) is 21.2. The zero-order chi connectivity index (χ0) is 25.4. The number of hydrogen-bond donors (Lipinski definition) is 4. The Balaban J connectivity index is 2.01. The van der Waals surface area contributed by atoms with Gasteiger partial charge in [-0.3, -0.25) is 4.79 Å². The highest BCUT2D eigenvalue weighted by Gasteiger charge is 2.75. The third-order valence-corrected chi connectivity index (χ3v) is 9.92. The third-order valence-electron chi connectivity index (χ3n) is 9.55. The van der Waals surface area contributed by atoms with E-state index in [1.165, 1.54) is 6.92 Å². The molecule has 0 aromatic heterocycles.